The molecule has 0 spiro atoms. The molecule has 0 aromatic heterocycles. The van der Waals surface area contributed by atoms with Gasteiger partial charge in [0.1, 0.15) is 28.8 Å². The molecule has 8 heteroatoms. The lowest BCUT2D eigenvalue weighted by molar-refractivity contribution is -0.140. The number of benzene rings is 3. The topological polar surface area (TPSA) is 94.5 Å². The number of amides is 1. The first kappa shape index (κ1) is 25.6. The summed E-state index contributed by atoms with van der Waals surface area (Å²) in [7, 11) is 4.52. The maximum absolute atomic E-state index is 13.5. The molecule has 1 amide bonds. The number of aliphatic hydroxyl groups is 1. The molecule has 37 heavy (non-hydrogen) atoms. The lowest BCUT2D eigenvalue weighted by atomic mass is 9.94. The van der Waals surface area contributed by atoms with Crippen molar-refractivity contribution < 1.29 is 33.6 Å². The monoisotopic (exact) mass is 503 g/mol. The Morgan fingerprint density at radius 1 is 0.865 bits per heavy atom. The molecular formula is C29H29NO7. The summed E-state index contributed by atoms with van der Waals surface area (Å²) in [5.41, 5.74) is 1.57. The van der Waals surface area contributed by atoms with E-state index in [9.17, 15) is 14.7 Å². The van der Waals surface area contributed by atoms with Crippen molar-refractivity contribution >= 4 is 17.4 Å². The van der Waals surface area contributed by atoms with Crippen LogP contribution in [-0.4, -0.2) is 49.6 Å². The molecule has 0 saturated carbocycles. The number of rotatable bonds is 9. The lowest BCUT2D eigenvalue weighted by Gasteiger charge is -2.26. The van der Waals surface area contributed by atoms with E-state index in [4.69, 9.17) is 18.9 Å². The summed E-state index contributed by atoms with van der Waals surface area (Å²) in [6.45, 7) is 2.42. The van der Waals surface area contributed by atoms with Crippen molar-refractivity contribution in [3.63, 3.8) is 0 Å². The van der Waals surface area contributed by atoms with Crippen LogP contribution >= 0.6 is 0 Å². The highest BCUT2D eigenvalue weighted by atomic mass is 16.5. The molecule has 3 aromatic rings. The predicted octanol–water partition coefficient (Wildman–Crippen LogP) is 4.73. The van der Waals surface area contributed by atoms with Crippen molar-refractivity contribution in [1.29, 1.82) is 0 Å². The number of carbonyl (C=O) groups excluding carboxylic acids is 2. The van der Waals surface area contributed by atoms with Crippen LogP contribution in [0, 0.1) is 0 Å². The van der Waals surface area contributed by atoms with Crippen LogP contribution in [0.1, 0.15) is 29.7 Å². The van der Waals surface area contributed by atoms with Gasteiger partial charge in [0.25, 0.3) is 11.7 Å². The number of Topliss-reactive ketones (excluding diaryl/α,β-unsaturated/α-hetero) is 1. The van der Waals surface area contributed by atoms with Gasteiger partial charge in [-0.25, -0.2) is 0 Å². The molecule has 3 aromatic carbocycles. The number of hydrogen-bond donors (Lipinski definition) is 1. The number of nitrogens with zero attached hydrogens (tertiary/aromatic N) is 1. The van der Waals surface area contributed by atoms with E-state index in [1.807, 2.05) is 25.1 Å². The molecule has 0 bridgehead atoms. The maximum Gasteiger partial charge on any atom is 0.295 e. The molecule has 1 fully saturated rings. The molecule has 1 saturated heterocycles. The van der Waals surface area contributed by atoms with Gasteiger partial charge in [-0.1, -0.05) is 30.3 Å². The Labute approximate surface area is 215 Å². The van der Waals surface area contributed by atoms with Gasteiger partial charge in [-0.15, -0.1) is 0 Å². The quantitative estimate of drug-likeness (QED) is 0.256. The van der Waals surface area contributed by atoms with Crippen LogP contribution in [0.4, 0.5) is 0 Å². The van der Waals surface area contributed by atoms with E-state index in [0.717, 1.165) is 5.56 Å². The molecule has 1 aliphatic heterocycles. The fourth-order valence-electron chi connectivity index (χ4n) is 4.49. The molecule has 192 valence electrons. The van der Waals surface area contributed by atoms with E-state index in [0.29, 0.717) is 35.2 Å². The highest BCUT2D eigenvalue weighted by molar-refractivity contribution is 6.46. The Morgan fingerprint density at radius 2 is 1.62 bits per heavy atom. The second kappa shape index (κ2) is 11.1. The van der Waals surface area contributed by atoms with Gasteiger partial charge in [0.2, 0.25) is 0 Å². The predicted molar refractivity (Wildman–Crippen MR) is 138 cm³/mol. The maximum atomic E-state index is 13.5. The third kappa shape index (κ3) is 4.95. The SMILES string of the molecule is CCOc1cccc(C2/C(=C(\O)c3ccc(OC)cc3OC)C(=O)C(=O)N2Cc2ccccc2OC)c1. The van der Waals surface area contributed by atoms with E-state index in [2.05, 4.69) is 0 Å². The zero-order valence-electron chi connectivity index (χ0n) is 21.2. The number of ether oxygens (including phenoxy) is 4. The second-order valence-corrected chi connectivity index (χ2v) is 8.31. The van der Waals surface area contributed by atoms with Gasteiger partial charge in [0, 0.05) is 11.6 Å². The average molecular weight is 504 g/mol. The third-order valence-electron chi connectivity index (χ3n) is 6.22. The minimum Gasteiger partial charge on any atom is -0.507 e. The van der Waals surface area contributed by atoms with Crippen molar-refractivity contribution in [3.8, 4) is 23.0 Å². The normalized spacial score (nSPS) is 16.5. The zero-order chi connectivity index (χ0) is 26.5. The Hall–Kier alpha value is -4.46. The van der Waals surface area contributed by atoms with E-state index in [1.165, 1.54) is 19.1 Å². The number of aliphatic hydroxyl groups excluding tert-OH is 1. The van der Waals surface area contributed by atoms with E-state index in [-0.39, 0.29) is 23.4 Å². The van der Waals surface area contributed by atoms with Gasteiger partial charge in [0.05, 0.1) is 51.7 Å². The molecule has 1 atom stereocenters. The molecule has 1 unspecified atom stereocenters. The zero-order valence-corrected chi connectivity index (χ0v) is 21.2. The van der Waals surface area contributed by atoms with Crippen molar-refractivity contribution in [2.24, 2.45) is 0 Å². The van der Waals surface area contributed by atoms with E-state index in [1.54, 1.807) is 55.6 Å². The van der Waals surface area contributed by atoms with Gasteiger partial charge in [-0.05, 0) is 42.8 Å². The van der Waals surface area contributed by atoms with Crippen LogP contribution in [0.15, 0.2) is 72.3 Å². The molecule has 8 nitrogen and oxygen atoms in total. The Balaban J connectivity index is 1.91. The van der Waals surface area contributed by atoms with Crippen LogP contribution in [0.3, 0.4) is 0 Å². The first-order chi connectivity index (χ1) is 17.9. The van der Waals surface area contributed by atoms with Crippen LogP contribution in [0.25, 0.3) is 5.76 Å². The van der Waals surface area contributed by atoms with Gasteiger partial charge < -0.3 is 29.0 Å². The van der Waals surface area contributed by atoms with Crippen LogP contribution in [-0.2, 0) is 16.1 Å². The highest BCUT2D eigenvalue weighted by Crippen LogP contribution is 2.43. The van der Waals surface area contributed by atoms with Crippen LogP contribution in [0.5, 0.6) is 23.0 Å². The van der Waals surface area contributed by atoms with Crippen LogP contribution in [0.2, 0.25) is 0 Å². The number of methoxy groups -OCH3 is 3. The summed E-state index contributed by atoms with van der Waals surface area (Å²) < 4.78 is 21.9. The second-order valence-electron chi connectivity index (χ2n) is 8.31. The average Bonchev–Trinajstić information content (AvgIpc) is 3.17. The van der Waals surface area contributed by atoms with E-state index < -0.39 is 17.7 Å². The summed E-state index contributed by atoms with van der Waals surface area (Å²) >= 11 is 0. The molecule has 1 aliphatic rings. The van der Waals surface area contributed by atoms with Crippen molar-refractivity contribution in [2.75, 3.05) is 27.9 Å². The summed E-state index contributed by atoms with van der Waals surface area (Å²) in [6.07, 6.45) is 0. The fourth-order valence-corrected chi connectivity index (χ4v) is 4.49. The molecule has 0 radical (unpaired) electrons. The minimum absolute atomic E-state index is 0.0444. The fraction of sp³-hybridized carbons (Fsp3) is 0.241. The Bertz CT molecular complexity index is 1350. The Morgan fingerprint density at radius 3 is 2.32 bits per heavy atom. The largest absolute Gasteiger partial charge is 0.507 e. The molecule has 4 rings (SSSR count). The number of likely N-dealkylation sites (tertiary alicyclic amines) is 1. The minimum atomic E-state index is -0.878. The number of hydrogen-bond acceptors (Lipinski definition) is 7. The van der Waals surface area contributed by atoms with Crippen molar-refractivity contribution in [1.82, 2.24) is 4.90 Å². The molecule has 1 heterocycles. The first-order valence-electron chi connectivity index (χ1n) is 11.8. The van der Waals surface area contributed by atoms with Crippen LogP contribution < -0.4 is 18.9 Å². The number of para-hydroxylation sites is 1. The molecule has 0 aliphatic carbocycles. The lowest BCUT2D eigenvalue weighted by Crippen LogP contribution is -2.29. The van der Waals surface area contributed by atoms with Crippen molar-refractivity contribution in [3.05, 3.63) is 89.0 Å². The summed E-state index contributed by atoms with van der Waals surface area (Å²) in [6, 6.07) is 18.4. The van der Waals surface area contributed by atoms with Gasteiger partial charge in [0.15, 0.2) is 0 Å². The van der Waals surface area contributed by atoms with Gasteiger partial charge in [-0.3, -0.25) is 9.59 Å². The van der Waals surface area contributed by atoms with Gasteiger partial charge >= 0.3 is 0 Å². The number of carbonyl (C=O) groups is 2. The molecule has 1 N–H and O–H groups in total. The smallest absolute Gasteiger partial charge is 0.295 e. The number of ketones is 1. The summed E-state index contributed by atoms with van der Waals surface area (Å²) in [5.74, 6) is 0.129. The summed E-state index contributed by atoms with van der Waals surface area (Å²) in [5, 5.41) is 11.5. The first-order valence-corrected chi connectivity index (χ1v) is 11.8. The highest BCUT2D eigenvalue weighted by Gasteiger charge is 2.46. The van der Waals surface area contributed by atoms with Crippen molar-refractivity contribution in [2.45, 2.75) is 19.5 Å². The Kier molecular flexibility index (Phi) is 7.67. The third-order valence-corrected chi connectivity index (χ3v) is 6.22. The van der Waals surface area contributed by atoms with Gasteiger partial charge in [-0.2, -0.15) is 0 Å². The molecular weight excluding hydrogens is 474 g/mol. The van der Waals surface area contributed by atoms with E-state index >= 15 is 0 Å². The summed E-state index contributed by atoms with van der Waals surface area (Å²) in [4.78, 5) is 28.3. The standard InChI is InChI=1S/C29H29NO7/c1-5-37-21-11-8-10-18(15-21)26-25(27(31)22-14-13-20(34-2)16-24(22)36-4)28(32)29(33)30(26)17-19-9-6-7-12-23(19)35-3/h6-16,26,31H,5,17H2,1-4H3/b27-25+.